The summed E-state index contributed by atoms with van der Waals surface area (Å²) < 4.78 is 5.47. The molecule has 0 amide bonds. The second-order valence-corrected chi connectivity index (χ2v) is 6.21. The molecule has 3 aliphatic rings. The maximum absolute atomic E-state index is 11.6. The zero-order valence-electron chi connectivity index (χ0n) is 10.7. The van der Waals surface area contributed by atoms with Gasteiger partial charge in [-0.3, -0.25) is 0 Å². The van der Waals surface area contributed by atoms with Gasteiger partial charge in [0.05, 0.1) is 0 Å². The van der Waals surface area contributed by atoms with Gasteiger partial charge in [-0.25, -0.2) is 4.79 Å². The summed E-state index contributed by atoms with van der Waals surface area (Å²) in [6, 6.07) is 0. The maximum atomic E-state index is 11.6. The lowest BCUT2D eigenvalue weighted by molar-refractivity contribution is -0.142. The first-order valence-corrected chi connectivity index (χ1v) is 6.58. The van der Waals surface area contributed by atoms with Crippen molar-refractivity contribution in [2.45, 2.75) is 45.6 Å². The molecule has 2 aliphatic carbocycles. The fraction of sp³-hybridized carbons (Fsp3) is 0.667. The van der Waals surface area contributed by atoms with Gasteiger partial charge in [0.15, 0.2) is 0 Å². The van der Waals surface area contributed by atoms with Crippen molar-refractivity contribution in [3.8, 4) is 0 Å². The van der Waals surface area contributed by atoms with Crippen molar-refractivity contribution in [3.05, 3.63) is 23.8 Å². The zero-order chi connectivity index (χ0) is 12.2. The van der Waals surface area contributed by atoms with E-state index in [0.717, 1.165) is 12.8 Å². The van der Waals surface area contributed by atoms with E-state index in [1.165, 1.54) is 18.4 Å². The molecule has 0 radical (unpaired) electrons. The molecule has 17 heavy (non-hydrogen) atoms. The minimum Gasteiger partial charge on any atom is -0.458 e. The van der Waals surface area contributed by atoms with Crippen molar-refractivity contribution in [3.63, 3.8) is 0 Å². The topological polar surface area (TPSA) is 26.3 Å². The SMILES string of the molecule is C=C1C(=O)O[C@H]2C[C@@]3(C)CCC=C(C)[C@@H]3C[C@@H]12. The van der Waals surface area contributed by atoms with Crippen LogP contribution in [-0.2, 0) is 9.53 Å². The lowest BCUT2D eigenvalue weighted by atomic mass is 9.57. The molecular formula is C15H20O2. The van der Waals surface area contributed by atoms with Crippen LogP contribution < -0.4 is 0 Å². The smallest absolute Gasteiger partial charge is 0.334 e. The van der Waals surface area contributed by atoms with Crippen LogP contribution in [0.5, 0.6) is 0 Å². The first-order valence-electron chi connectivity index (χ1n) is 6.58. The molecule has 2 fully saturated rings. The van der Waals surface area contributed by atoms with Gasteiger partial charge in [0.1, 0.15) is 6.10 Å². The van der Waals surface area contributed by atoms with Crippen molar-refractivity contribution >= 4 is 5.97 Å². The number of fused-ring (bicyclic) bond motifs is 2. The van der Waals surface area contributed by atoms with E-state index >= 15 is 0 Å². The molecule has 0 bridgehead atoms. The van der Waals surface area contributed by atoms with Crippen LogP contribution in [0.4, 0.5) is 0 Å². The quantitative estimate of drug-likeness (QED) is 0.364. The number of esters is 1. The standard InChI is InChI=1S/C15H20O2/c1-9-5-4-6-15(3)8-13-11(7-12(9)15)10(2)14(16)17-13/h5,11-13H,2,4,6-8H2,1,3H3/t11-,12-,13-,15+/m0/s1. The predicted molar refractivity (Wildman–Crippen MR) is 66.3 cm³/mol. The van der Waals surface area contributed by atoms with E-state index in [0.29, 0.717) is 16.9 Å². The Bertz CT molecular complexity index is 421. The lowest BCUT2D eigenvalue weighted by Crippen LogP contribution is -2.42. The molecule has 0 N–H and O–H groups in total. The number of ether oxygens (including phenoxy) is 1. The van der Waals surface area contributed by atoms with Gasteiger partial charge in [-0.15, -0.1) is 0 Å². The van der Waals surface area contributed by atoms with E-state index in [2.05, 4.69) is 26.5 Å². The molecular weight excluding hydrogens is 212 g/mol. The molecule has 4 atom stereocenters. The van der Waals surface area contributed by atoms with Crippen LogP contribution in [0.3, 0.4) is 0 Å². The third kappa shape index (κ3) is 1.50. The van der Waals surface area contributed by atoms with E-state index in [4.69, 9.17) is 4.74 Å². The summed E-state index contributed by atoms with van der Waals surface area (Å²) >= 11 is 0. The number of hydrogen-bond acceptors (Lipinski definition) is 2. The second kappa shape index (κ2) is 3.47. The largest absolute Gasteiger partial charge is 0.458 e. The Balaban J connectivity index is 1.93. The molecule has 1 aliphatic heterocycles. The number of hydrogen-bond donors (Lipinski definition) is 0. The Labute approximate surface area is 103 Å². The van der Waals surface area contributed by atoms with Crippen molar-refractivity contribution in [1.29, 1.82) is 0 Å². The van der Waals surface area contributed by atoms with E-state index in [-0.39, 0.29) is 18.0 Å². The van der Waals surface area contributed by atoms with Crippen LogP contribution >= 0.6 is 0 Å². The highest BCUT2D eigenvalue weighted by atomic mass is 16.6. The Morgan fingerprint density at radius 1 is 1.53 bits per heavy atom. The highest BCUT2D eigenvalue weighted by Crippen LogP contribution is 2.55. The molecule has 0 aromatic rings. The Morgan fingerprint density at radius 2 is 2.29 bits per heavy atom. The monoisotopic (exact) mass is 232 g/mol. The number of carbonyl (C=O) groups is 1. The van der Waals surface area contributed by atoms with Gasteiger partial charge in [0, 0.05) is 11.5 Å². The fourth-order valence-electron chi connectivity index (χ4n) is 4.07. The highest BCUT2D eigenvalue weighted by molar-refractivity contribution is 5.90. The number of allylic oxidation sites excluding steroid dienone is 2. The molecule has 0 aromatic heterocycles. The first kappa shape index (κ1) is 11.1. The van der Waals surface area contributed by atoms with Crippen LogP contribution in [0.15, 0.2) is 23.8 Å². The summed E-state index contributed by atoms with van der Waals surface area (Å²) in [5.41, 5.74) is 2.53. The summed E-state index contributed by atoms with van der Waals surface area (Å²) in [7, 11) is 0. The third-order valence-electron chi connectivity index (χ3n) is 5.15. The molecule has 0 aromatic carbocycles. The van der Waals surface area contributed by atoms with Gasteiger partial charge < -0.3 is 4.74 Å². The predicted octanol–water partition coefficient (Wildman–Crippen LogP) is 3.24. The minimum atomic E-state index is -0.163. The van der Waals surface area contributed by atoms with Gasteiger partial charge in [0.25, 0.3) is 0 Å². The number of carbonyl (C=O) groups excluding carboxylic acids is 1. The Kier molecular flexibility index (Phi) is 2.26. The van der Waals surface area contributed by atoms with Crippen molar-refractivity contribution in [1.82, 2.24) is 0 Å². The lowest BCUT2D eigenvalue weighted by Gasteiger charge is -2.48. The van der Waals surface area contributed by atoms with Crippen LogP contribution in [-0.4, -0.2) is 12.1 Å². The fourth-order valence-corrected chi connectivity index (χ4v) is 4.07. The third-order valence-corrected chi connectivity index (χ3v) is 5.15. The molecule has 1 saturated carbocycles. The van der Waals surface area contributed by atoms with Crippen LogP contribution in [0.2, 0.25) is 0 Å². The molecule has 0 unspecified atom stereocenters. The molecule has 1 saturated heterocycles. The van der Waals surface area contributed by atoms with Crippen molar-refractivity contribution in [2.24, 2.45) is 17.3 Å². The molecule has 2 heteroatoms. The molecule has 1 heterocycles. The van der Waals surface area contributed by atoms with Gasteiger partial charge in [-0.1, -0.05) is 25.2 Å². The molecule has 92 valence electrons. The summed E-state index contributed by atoms with van der Waals surface area (Å²) in [5, 5.41) is 0. The van der Waals surface area contributed by atoms with E-state index in [1.54, 1.807) is 0 Å². The summed E-state index contributed by atoms with van der Waals surface area (Å²) in [6.45, 7) is 8.51. The number of rotatable bonds is 0. The van der Waals surface area contributed by atoms with Crippen molar-refractivity contribution in [2.75, 3.05) is 0 Å². The minimum absolute atomic E-state index is 0.0992. The van der Waals surface area contributed by atoms with Gasteiger partial charge in [-0.2, -0.15) is 0 Å². The summed E-state index contributed by atoms with van der Waals surface area (Å²) in [4.78, 5) is 11.6. The highest BCUT2D eigenvalue weighted by Gasteiger charge is 2.51. The maximum Gasteiger partial charge on any atom is 0.334 e. The molecule has 2 nitrogen and oxygen atoms in total. The van der Waals surface area contributed by atoms with E-state index < -0.39 is 0 Å². The summed E-state index contributed by atoms with van der Waals surface area (Å²) in [5.74, 6) is 0.717. The second-order valence-electron chi connectivity index (χ2n) is 6.21. The average molecular weight is 232 g/mol. The summed E-state index contributed by atoms with van der Waals surface area (Å²) in [6.07, 6.45) is 6.93. The van der Waals surface area contributed by atoms with Gasteiger partial charge in [0.2, 0.25) is 0 Å². The van der Waals surface area contributed by atoms with Gasteiger partial charge in [-0.05, 0) is 43.9 Å². The Morgan fingerprint density at radius 3 is 3.06 bits per heavy atom. The van der Waals surface area contributed by atoms with Gasteiger partial charge >= 0.3 is 5.97 Å². The van der Waals surface area contributed by atoms with Crippen LogP contribution in [0.1, 0.15) is 39.5 Å². The Hall–Kier alpha value is -1.05. The molecule has 3 rings (SSSR count). The zero-order valence-corrected chi connectivity index (χ0v) is 10.7. The van der Waals surface area contributed by atoms with Crippen LogP contribution in [0, 0.1) is 17.3 Å². The normalized spacial score (nSPS) is 44.8. The average Bonchev–Trinajstić information content (AvgIpc) is 2.52. The van der Waals surface area contributed by atoms with Crippen LogP contribution in [0.25, 0.3) is 0 Å². The van der Waals surface area contributed by atoms with E-state index in [9.17, 15) is 4.79 Å². The van der Waals surface area contributed by atoms with E-state index in [1.807, 2.05) is 0 Å². The molecule has 0 spiro atoms. The van der Waals surface area contributed by atoms with Crippen molar-refractivity contribution < 1.29 is 9.53 Å². The first-order chi connectivity index (χ1) is 8.01.